The van der Waals surface area contributed by atoms with Crippen LogP contribution in [0.2, 0.25) is 5.02 Å². The van der Waals surface area contributed by atoms with Gasteiger partial charge in [-0.15, -0.1) is 6.42 Å². The molecule has 1 rings (SSSR count). The fraction of sp³-hybridized carbons (Fsp3) is 0.500. The molecule has 0 spiro atoms. The van der Waals surface area contributed by atoms with Gasteiger partial charge in [-0.25, -0.2) is 8.42 Å². The molecule has 0 saturated heterocycles. The molecule has 0 saturated carbocycles. The zero-order valence-electron chi connectivity index (χ0n) is 9.72. The molecule has 0 aliphatic rings. The normalized spacial score (nSPS) is 11.7. The molecule has 1 heterocycles. The molecule has 0 radical (unpaired) electrons. The Kier molecular flexibility index (Phi) is 4.57. The highest BCUT2D eigenvalue weighted by atomic mass is 35.5. The minimum absolute atomic E-state index is 0.0251. The van der Waals surface area contributed by atoms with Crippen LogP contribution in [0.15, 0.2) is 11.2 Å². The predicted octanol–water partition coefficient (Wildman–Crippen LogP) is 1.11. The van der Waals surface area contributed by atoms with Crippen molar-refractivity contribution in [2.75, 3.05) is 13.1 Å². The van der Waals surface area contributed by atoms with Crippen LogP contribution in [0, 0.1) is 12.3 Å². The van der Waals surface area contributed by atoms with Crippen molar-refractivity contribution in [3.8, 4) is 12.3 Å². The second-order valence-electron chi connectivity index (χ2n) is 3.46. The largest absolute Gasteiger partial charge is 0.262 e. The van der Waals surface area contributed by atoms with E-state index in [4.69, 9.17) is 18.0 Å². The molecule has 94 valence electrons. The number of aromatic nitrogens is 2. The summed E-state index contributed by atoms with van der Waals surface area (Å²) in [6, 6.07) is 0. The van der Waals surface area contributed by atoms with Gasteiger partial charge in [-0.1, -0.05) is 24.4 Å². The molecule has 0 N–H and O–H groups in total. The summed E-state index contributed by atoms with van der Waals surface area (Å²) in [6.07, 6.45) is 7.15. The molecule has 0 bridgehead atoms. The van der Waals surface area contributed by atoms with Crippen LogP contribution in [0.4, 0.5) is 0 Å². The van der Waals surface area contributed by atoms with Crippen LogP contribution >= 0.6 is 11.6 Å². The molecule has 1 aromatic heterocycles. The fourth-order valence-corrected chi connectivity index (χ4v) is 3.50. The van der Waals surface area contributed by atoms with Crippen LogP contribution in [0.5, 0.6) is 0 Å². The maximum absolute atomic E-state index is 12.3. The van der Waals surface area contributed by atoms with Gasteiger partial charge in [0.25, 0.3) is 10.0 Å². The number of aryl methyl sites for hydroxylation is 1. The Morgan fingerprint density at radius 1 is 1.65 bits per heavy atom. The van der Waals surface area contributed by atoms with Crippen LogP contribution in [0.3, 0.4) is 0 Å². The molecule has 7 heteroatoms. The summed E-state index contributed by atoms with van der Waals surface area (Å²) in [5, 5.41) is 3.89. The highest BCUT2D eigenvalue weighted by molar-refractivity contribution is 7.89. The number of halogens is 1. The fourth-order valence-electron chi connectivity index (χ4n) is 1.45. The van der Waals surface area contributed by atoms with Crippen LogP contribution < -0.4 is 0 Å². The Balaban J connectivity index is 3.22. The van der Waals surface area contributed by atoms with Crippen LogP contribution in [0.1, 0.15) is 13.3 Å². The van der Waals surface area contributed by atoms with Gasteiger partial charge >= 0.3 is 0 Å². The van der Waals surface area contributed by atoms with E-state index in [-0.39, 0.29) is 16.6 Å². The second kappa shape index (κ2) is 5.54. The second-order valence-corrected chi connectivity index (χ2v) is 5.72. The number of rotatable bonds is 5. The number of sulfonamides is 1. The minimum atomic E-state index is -3.68. The third-order valence-electron chi connectivity index (χ3n) is 2.17. The van der Waals surface area contributed by atoms with E-state index in [0.717, 1.165) is 0 Å². The van der Waals surface area contributed by atoms with E-state index in [1.807, 2.05) is 6.92 Å². The third-order valence-corrected chi connectivity index (χ3v) is 4.52. The van der Waals surface area contributed by atoms with Crippen molar-refractivity contribution in [1.29, 1.82) is 0 Å². The van der Waals surface area contributed by atoms with Gasteiger partial charge in [-0.3, -0.25) is 4.68 Å². The van der Waals surface area contributed by atoms with Gasteiger partial charge in [0, 0.05) is 13.6 Å². The van der Waals surface area contributed by atoms with Crippen molar-refractivity contribution in [1.82, 2.24) is 14.1 Å². The summed E-state index contributed by atoms with van der Waals surface area (Å²) in [6.45, 7) is 2.26. The van der Waals surface area contributed by atoms with Crippen molar-refractivity contribution >= 4 is 21.6 Å². The number of terminal acetylenes is 1. The average Bonchev–Trinajstić information content (AvgIpc) is 2.58. The number of hydrogen-bond acceptors (Lipinski definition) is 3. The first-order valence-corrected chi connectivity index (χ1v) is 6.88. The van der Waals surface area contributed by atoms with E-state index in [0.29, 0.717) is 13.0 Å². The maximum Gasteiger partial charge on any atom is 0.262 e. The van der Waals surface area contributed by atoms with E-state index < -0.39 is 10.0 Å². The summed E-state index contributed by atoms with van der Waals surface area (Å²) in [4.78, 5) is 0. The molecule has 0 aromatic carbocycles. The summed E-state index contributed by atoms with van der Waals surface area (Å²) < 4.78 is 27.1. The van der Waals surface area contributed by atoms with Crippen LogP contribution in [-0.2, 0) is 17.1 Å². The lowest BCUT2D eigenvalue weighted by atomic mass is 10.5. The monoisotopic (exact) mass is 275 g/mol. The Morgan fingerprint density at radius 2 is 2.29 bits per heavy atom. The lowest BCUT2D eigenvalue weighted by Crippen LogP contribution is -2.33. The summed E-state index contributed by atoms with van der Waals surface area (Å²) in [7, 11) is -2.16. The molecule has 0 unspecified atom stereocenters. The van der Waals surface area contributed by atoms with Gasteiger partial charge < -0.3 is 0 Å². The molecular weight excluding hydrogens is 262 g/mol. The highest BCUT2D eigenvalue weighted by Crippen LogP contribution is 2.23. The Morgan fingerprint density at radius 3 is 2.71 bits per heavy atom. The van der Waals surface area contributed by atoms with Gasteiger partial charge in [0.1, 0.15) is 0 Å². The zero-order chi connectivity index (χ0) is 13.1. The minimum Gasteiger partial charge on any atom is -0.255 e. The molecule has 17 heavy (non-hydrogen) atoms. The van der Waals surface area contributed by atoms with Crippen molar-refractivity contribution in [2.24, 2.45) is 7.05 Å². The van der Waals surface area contributed by atoms with Crippen molar-refractivity contribution in [2.45, 2.75) is 18.4 Å². The smallest absolute Gasteiger partial charge is 0.255 e. The molecule has 0 aliphatic heterocycles. The van der Waals surface area contributed by atoms with Crippen molar-refractivity contribution < 1.29 is 8.42 Å². The Labute approximate surface area is 106 Å². The molecule has 5 nitrogen and oxygen atoms in total. The number of nitrogens with zero attached hydrogens (tertiary/aromatic N) is 3. The third kappa shape index (κ3) is 2.80. The highest BCUT2D eigenvalue weighted by Gasteiger charge is 2.29. The summed E-state index contributed by atoms with van der Waals surface area (Å²) >= 11 is 5.83. The summed E-state index contributed by atoms with van der Waals surface area (Å²) in [5.74, 6) is 2.33. The van der Waals surface area contributed by atoms with Gasteiger partial charge in [0.05, 0.1) is 17.8 Å². The van der Waals surface area contributed by atoms with E-state index >= 15 is 0 Å². The first kappa shape index (κ1) is 14.0. The van der Waals surface area contributed by atoms with Crippen LogP contribution in [0.25, 0.3) is 0 Å². The first-order valence-electron chi connectivity index (χ1n) is 5.06. The van der Waals surface area contributed by atoms with E-state index in [1.165, 1.54) is 22.2 Å². The standard InChI is InChI=1S/C10H14ClN3O2S/c1-4-6-14(7-5-2)17(15,16)10-9(11)8-12-13(10)3/h1,8H,5-7H2,2-3H3. The topological polar surface area (TPSA) is 55.2 Å². The SMILES string of the molecule is C#CCN(CCC)S(=O)(=O)c1c(Cl)cnn1C. The first-order chi connectivity index (χ1) is 7.95. The van der Waals surface area contributed by atoms with Gasteiger partial charge in [0.2, 0.25) is 0 Å². The molecule has 1 aromatic rings. The lowest BCUT2D eigenvalue weighted by molar-refractivity contribution is 0.438. The van der Waals surface area contributed by atoms with E-state index in [9.17, 15) is 8.42 Å². The van der Waals surface area contributed by atoms with Gasteiger partial charge in [-0.05, 0) is 6.42 Å². The van der Waals surface area contributed by atoms with Crippen molar-refractivity contribution in [3.63, 3.8) is 0 Å². The van der Waals surface area contributed by atoms with Crippen LogP contribution in [-0.4, -0.2) is 35.6 Å². The maximum atomic E-state index is 12.3. The quantitative estimate of drug-likeness (QED) is 0.757. The Bertz CT molecular complexity index is 511. The molecule has 0 amide bonds. The lowest BCUT2D eigenvalue weighted by Gasteiger charge is -2.19. The number of hydrogen-bond donors (Lipinski definition) is 0. The van der Waals surface area contributed by atoms with Crippen molar-refractivity contribution in [3.05, 3.63) is 11.2 Å². The van der Waals surface area contributed by atoms with Gasteiger partial charge in [0.15, 0.2) is 5.03 Å². The molecule has 0 fully saturated rings. The average molecular weight is 276 g/mol. The van der Waals surface area contributed by atoms with E-state index in [1.54, 1.807) is 0 Å². The van der Waals surface area contributed by atoms with E-state index in [2.05, 4.69) is 11.0 Å². The zero-order valence-corrected chi connectivity index (χ0v) is 11.3. The Hall–Kier alpha value is -1.03. The molecular formula is C10H14ClN3O2S. The predicted molar refractivity (Wildman–Crippen MR) is 66.1 cm³/mol. The summed E-state index contributed by atoms with van der Waals surface area (Å²) in [5.41, 5.74) is 0. The molecule has 0 aliphatic carbocycles. The molecule has 0 atom stereocenters. The van der Waals surface area contributed by atoms with Gasteiger partial charge in [-0.2, -0.15) is 9.40 Å².